The Balaban J connectivity index is 1.41. The first kappa shape index (κ1) is 22.3. The highest BCUT2D eigenvalue weighted by Crippen LogP contribution is 2.33. The summed E-state index contributed by atoms with van der Waals surface area (Å²) in [4.78, 5) is 2.62. The highest BCUT2D eigenvalue weighted by atomic mass is 16.5. The second-order valence-electron chi connectivity index (χ2n) is 8.35. The normalized spacial score (nSPS) is 28.5. The molecule has 1 aromatic heterocycles. The number of rotatable bonds is 10. The summed E-state index contributed by atoms with van der Waals surface area (Å²) in [7, 11) is 1.67. The van der Waals surface area contributed by atoms with E-state index in [4.69, 9.17) is 24.7 Å². The molecule has 0 radical (unpaired) electrons. The Morgan fingerprint density at radius 2 is 1.72 bits per heavy atom. The zero-order valence-electron chi connectivity index (χ0n) is 18.2. The molecule has 8 nitrogen and oxygen atoms in total. The van der Waals surface area contributed by atoms with Crippen molar-refractivity contribution < 1.29 is 18.9 Å². The summed E-state index contributed by atoms with van der Waals surface area (Å²) in [5, 5.41) is 4.62. The number of anilines is 1. The van der Waals surface area contributed by atoms with E-state index in [1.807, 2.05) is 10.9 Å². The van der Waals surface area contributed by atoms with Gasteiger partial charge in [-0.1, -0.05) is 0 Å². The number of hydrogen-bond donors (Lipinski definition) is 1. The van der Waals surface area contributed by atoms with Gasteiger partial charge in [0, 0.05) is 39.3 Å². The van der Waals surface area contributed by atoms with Gasteiger partial charge in [-0.05, 0) is 39.5 Å². The lowest BCUT2D eigenvalue weighted by Crippen LogP contribution is -2.51. The number of morpholine rings is 1. The van der Waals surface area contributed by atoms with Crippen LogP contribution in [-0.4, -0.2) is 79.6 Å². The molecule has 0 bridgehead atoms. The molecule has 2 heterocycles. The Labute approximate surface area is 174 Å². The van der Waals surface area contributed by atoms with E-state index in [0.717, 1.165) is 32.4 Å². The molecule has 8 heteroatoms. The minimum atomic E-state index is 0.326. The highest BCUT2D eigenvalue weighted by molar-refractivity contribution is 5.46. The lowest BCUT2D eigenvalue weighted by atomic mass is 9.89. The van der Waals surface area contributed by atoms with Crippen LogP contribution in [0, 0.1) is 0 Å². The number of ether oxygens (including phenoxy) is 4. The molecule has 0 unspecified atom stereocenters. The summed E-state index contributed by atoms with van der Waals surface area (Å²) in [6.07, 6.45) is 8.01. The van der Waals surface area contributed by atoms with Crippen LogP contribution >= 0.6 is 0 Å². The molecule has 1 aromatic rings. The first-order valence-corrected chi connectivity index (χ1v) is 11.0. The van der Waals surface area contributed by atoms with Gasteiger partial charge in [0.25, 0.3) is 5.88 Å². The summed E-state index contributed by atoms with van der Waals surface area (Å²) in [6.45, 7) is 8.86. The smallest absolute Gasteiger partial charge is 0.256 e. The molecule has 1 saturated carbocycles. The molecule has 29 heavy (non-hydrogen) atoms. The van der Waals surface area contributed by atoms with Crippen molar-refractivity contribution in [3.8, 4) is 5.88 Å². The number of methoxy groups -OCH3 is 1. The number of hydrogen-bond acceptors (Lipinski definition) is 7. The maximum atomic E-state index is 6.13. The second kappa shape index (κ2) is 11.2. The van der Waals surface area contributed by atoms with Crippen LogP contribution in [0.3, 0.4) is 0 Å². The predicted molar refractivity (Wildman–Crippen MR) is 112 cm³/mol. The average Bonchev–Trinajstić information content (AvgIpc) is 3.07. The van der Waals surface area contributed by atoms with Gasteiger partial charge in [0.1, 0.15) is 5.69 Å². The van der Waals surface area contributed by atoms with Crippen LogP contribution in [0.5, 0.6) is 5.88 Å². The van der Waals surface area contributed by atoms with Gasteiger partial charge in [0.05, 0.1) is 44.3 Å². The van der Waals surface area contributed by atoms with E-state index in [0.29, 0.717) is 62.3 Å². The Hall–Kier alpha value is -1.35. The van der Waals surface area contributed by atoms with Gasteiger partial charge in [0.2, 0.25) is 0 Å². The molecule has 0 spiro atoms. The lowest BCUT2D eigenvalue weighted by molar-refractivity contribution is -0.0852. The van der Waals surface area contributed by atoms with Crippen molar-refractivity contribution in [1.82, 2.24) is 14.7 Å². The Morgan fingerprint density at radius 3 is 2.41 bits per heavy atom. The van der Waals surface area contributed by atoms with E-state index < -0.39 is 0 Å². The van der Waals surface area contributed by atoms with E-state index in [2.05, 4.69) is 23.8 Å². The van der Waals surface area contributed by atoms with Crippen LogP contribution in [-0.2, 0) is 14.2 Å². The molecule has 2 aliphatic rings. The van der Waals surface area contributed by atoms with Crippen molar-refractivity contribution in [1.29, 1.82) is 0 Å². The lowest BCUT2D eigenvalue weighted by Gasteiger charge is -2.42. The third-order valence-electron chi connectivity index (χ3n) is 5.83. The number of nitrogen functional groups attached to an aromatic ring is 1. The van der Waals surface area contributed by atoms with Crippen molar-refractivity contribution in [3.63, 3.8) is 0 Å². The molecule has 0 amide bonds. The van der Waals surface area contributed by atoms with Crippen LogP contribution in [0.1, 0.15) is 52.0 Å². The van der Waals surface area contributed by atoms with Crippen molar-refractivity contribution >= 4 is 5.69 Å². The fourth-order valence-electron chi connectivity index (χ4n) is 4.47. The molecule has 3 rings (SSSR count). The molecule has 1 aliphatic heterocycles. The molecular formula is C21H38N4O4. The molecule has 1 aliphatic carbocycles. The largest absolute Gasteiger partial charge is 0.475 e. The van der Waals surface area contributed by atoms with Gasteiger partial charge >= 0.3 is 0 Å². The van der Waals surface area contributed by atoms with E-state index in [1.54, 1.807) is 7.11 Å². The maximum Gasteiger partial charge on any atom is 0.256 e. The van der Waals surface area contributed by atoms with E-state index >= 15 is 0 Å². The van der Waals surface area contributed by atoms with Crippen molar-refractivity contribution in [2.75, 3.05) is 52.4 Å². The quantitative estimate of drug-likeness (QED) is 0.593. The van der Waals surface area contributed by atoms with Gasteiger partial charge in [-0.3, -0.25) is 9.58 Å². The summed E-state index contributed by atoms with van der Waals surface area (Å²) >= 11 is 0. The Bertz CT molecular complexity index is 594. The standard InChI is InChI=1S/C21H38N4O4/c1-16-13-24(14-17(2)29-16)18-5-7-19(8-6-18)25-15-20(22)21(23-25)28-10-4-9-27-12-11-26-3/h15-19H,4-14,22H2,1-3H3/t16-,17+,18?,19?. The van der Waals surface area contributed by atoms with Crippen LogP contribution in [0.15, 0.2) is 6.20 Å². The Kier molecular flexibility index (Phi) is 8.59. The summed E-state index contributed by atoms with van der Waals surface area (Å²) in [5.41, 5.74) is 6.74. The molecule has 2 N–H and O–H groups in total. The average molecular weight is 411 g/mol. The minimum Gasteiger partial charge on any atom is -0.475 e. The maximum absolute atomic E-state index is 6.13. The monoisotopic (exact) mass is 410 g/mol. The second-order valence-corrected chi connectivity index (χ2v) is 8.35. The topological polar surface area (TPSA) is 84.0 Å². The number of nitrogens with two attached hydrogens (primary N) is 1. The molecule has 0 aromatic carbocycles. The zero-order chi connectivity index (χ0) is 20.6. The van der Waals surface area contributed by atoms with Crippen LogP contribution in [0.4, 0.5) is 5.69 Å². The van der Waals surface area contributed by atoms with Gasteiger partial charge < -0.3 is 24.7 Å². The Morgan fingerprint density at radius 1 is 1.03 bits per heavy atom. The summed E-state index contributed by atoms with van der Waals surface area (Å²) < 4.78 is 24.1. The first-order chi connectivity index (χ1) is 14.1. The zero-order valence-corrected chi connectivity index (χ0v) is 18.2. The van der Waals surface area contributed by atoms with Crippen molar-refractivity contribution in [2.45, 2.75) is 70.2 Å². The van der Waals surface area contributed by atoms with Crippen molar-refractivity contribution in [3.05, 3.63) is 6.20 Å². The summed E-state index contributed by atoms with van der Waals surface area (Å²) in [6, 6.07) is 1.06. The first-order valence-electron chi connectivity index (χ1n) is 11.0. The third-order valence-corrected chi connectivity index (χ3v) is 5.83. The van der Waals surface area contributed by atoms with E-state index in [-0.39, 0.29) is 0 Å². The third kappa shape index (κ3) is 6.57. The molecule has 2 fully saturated rings. The van der Waals surface area contributed by atoms with Crippen LogP contribution < -0.4 is 10.5 Å². The minimum absolute atomic E-state index is 0.326. The molecule has 166 valence electrons. The fourth-order valence-corrected chi connectivity index (χ4v) is 4.47. The van der Waals surface area contributed by atoms with Crippen LogP contribution in [0.25, 0.3) is 0 Å². The van der Waals surface area contributed by atoms with Gasteiger partial charge in [-0.15, -0.1) is 5.10 Å². The highest BCUT2D eigenvalue weighted by Gasteiger charge is 2.32. The summed E-state index contributed by atoms with van der Waals surface area (Å²) in [5.74, 6) is 0.542. The van der Waals surface area contributed by atoms with E-state index in [9.17, 15) is 0 Å². The van der Waals surface area contributed by atoms with Crippen molar-refractivity contribution in [2.24, 2.45) is 0 Å². The molecular weight excluding hydrogens is 372 g/mol. The number of aromatic nitrogens is 2. The fraction of sp³-hybridized carbons (Fsp3) is 0.857. The van der Waals surface area contributed by atoms with Crippen LogP contribution in [0.2, 0.25) is 0 Å². The SMILES string of the molecule is COCCOCCCOc1nn(C2CCC(N3C[C@@H](C)O[C@@H](C)C3)CC2)cc1N. The molecule has 1 saturated heterocycles. The predicted octanol–water partition coefficient (Wildman–Crippen LogP) is 2.49. The van der Waals surface area contributed by atoms with Gasteiger partial charge in [0.15, 0.2) is 0 Å². The molecule has 2 atom stereocenters. The van der Waals surface area contributed by atoms with E-state index in [1.165, 1.54) is 12.8 Å². The van der Waals surface area contributed by atoms with Gasteiger partial charge in [-0.25, -0.2) is 0 Å². The van der Waals surface area contributed by atoms with Gasteiger partial charge in [-0.2, -0.15) is 0 Å². The number of nitrogens with zero attached hydrogens (tertiary/aromatic N) is 3.